The average Bonchev–Trinajstić information content (AvgIpc) is 2.49. The Labute approximate surface area is 124 Å². The predicted octanol–water partition coefficient (Wildman–Crippen LogP) is 2.79. The van der Waals surface area contributed by atoms with Gasteiger partial charge >= 0.3 is 0 Å². The number of para-hydroxylation sites is 1. The quantitative estimate of drug-likeness (QED) is 0.766. The number of phenols is 1. The van der Waals surface area contributed by atoms with Gasteiger partial charge in [0.2, 0.25) is 0 Å². The lowest BCUT2D eigenvalue weighted by atomic mass is 10.0. The van der Waals surface area contributed by atoms with E-state index in [1.165, 1.54) is 12.1 Å². The zero-order valence-corrected chi connectivity index (χ0v) is 12.0. The highest BCUT2D eigenvalue weighted by molar-refractivity contribution is 5.34. The topological polar surface area (TPSA) is 52.5 Å². The average molecular weight is 289 g/mol. The zero-order valence-electron chi connectivity index (χ0n) is 12.0. The van der Waals surface area contributed by atoms with Crippen molar-refractivity contribution >= 4 is 0 Å². The van der Waals surface area contributed by atoms with Crippen LogP contribution in [0.2, 0.25) is 0 Å². The van der Waals surface area contributed by atoms with Crippen LogP contribution in [0, 0.1) is 5.82 Å². The van der Waals surface area contributed by atoms with E-state index in [0.29, 0.717) is 6.42 Å². The third-order valence-electron chi connectivity index (χ3n) is 3.50. The summed E-state index contributed by atoms with van der Waals surface area (Å²) in [6, 6.07) is 13.1. The molecule has 0 aromatic heterocycles. The summed E-state index contributed by atoms with van der Waals surface area (Å²) in [6.45, 7) is 1.90. The van der Waals surface area contributed by atoms with E-state index >= 15 is 0 Å². The van der Waals surface area contributed by atoms with E-state index in [0.717, 1.165) is 11.1 Å². The lowest BCUT2D eigenvalue weighted by molar-refractivity contribution is 0.232. The lowest BCUT2D eigenvalue weighted by Gasteiger charge is -2.22. The monoisotopic (exact) mass is 289 g/mol. The summed E-state index contributed by atoms with van der Waals surface area (Å²) < 4.78 is 12.9. The van der Waals surface area contributed by atoms with Crippen molar-refractivity contribution in [3.8, 4) is 5.75 Å². The van der Waals surface area contributed by atoms with Crippen LogP contribution in [-0.4, -0.2) is 22.9 Å². The van der Waals surface area contributed by atoms with Crippen LogP contribution in [0.4, 0.5) is 4.39 Å². The molecule has 112 valence electrons. The van der Waals surface area contributed by atoms with E-state index in [4.69, 9.17) is 0 Å². The van der Waals surface area contributed by atoms with Crippen molar-refractivity contribution in [1.82, 2.24) is 5.32 Å². The number of benzene rings is 2. The Balaban J connectivity index is 2.02. The smallest absolute Gasteiger partial charge is 0.123 e. The van der Waals surface area contributed by atoms with Crippen LogP contribution in [0.3, 0.4) is 0 Å². The Kier molecular flexibility index (Phi) is 5.31. The van der Waals surface area contributed by atoms with Gasteiger partial charge in [-0.1, -0.05) is 30.3 Å². The van der Waals surface area contributed by atoms with Crippen LogP contribution in [-0.2, 0) is 6.42 Å². The minimum absolute atomic E-state index is 0.0324. The number of phenolic OH excluding ortho intramolecular Hbond substituents is 1. The first-order chi connectivity index (χ1) is 10.1. The second-order valence-corrected chi connectivity index (χ2v) is 5.16. The first-order valence-corrected chi connectivity index (χ1v) is 6.99. The highest BCUT2D eigenvalue weighted by atomic mass is 19.1. The van der Waals surface area contributed by atoms with Gasteiger partial charge in [0.15, 0.2) is 0 Å². The number of hydrogen-bond acceptors (Lipinski definition) is 3. The number of aromatic hydroxyl groups is 1. The largest absolute Gasteiger partial charge is 0.508 e. The minimum atomic E-state index is -0.269. The summed E-state index contributed by atoms with van der Waals surface area (Å²) in [7, 11) is 0. The van der Waals surface area contributed by atoms with Crippen LogP contribution in [0.5, 0.6) is 5.75 Å². The Morgan fingerprint density at radius 2 is 1.76 bits per heavy atom. The highest BCUT2D eigenvalue weighted by Gasteiger charge is 2.15. The number of aliphatic hydroxyl groups excluding tert-OH is 1. The maximum atomic E-state index is 12.9. The van der Waals surface area contributed by atoms with Gasteiger partial charge in [-0.25, -0.2) is 4.39 Å². The molecule has 0 aliphatic heterocycles. The van der Waals surface area contributed by atoms with E-state index < -0.39 is 0 Å². The first-order valence-electron chi connectivity index (χ1n) is 6.99. The van der Waals surface area contributed by atoms with Gasteiger partial charge < -0.3 is 15.5 Å². The van der Waals surface area contributed by atoms with Gasteiger partial charge in [0, 0.05) is 17.6 Å². The molecule has 0 fully saturated rings. The molecule has 4 heteroatoms. The molecule has 3 nitrogen and oxygen atoms in total. The number of rotatable bonds is 6. The van der Waals surface area contributed by atoms with E-state index in [1.54, 1.807) is 24.3 Å². The maximum absolute atomic E-state index is 12.9. The second kappa shape index (κ2) is 7.20. The molecule has 2 atom stereocenters. The SMILES string of the molecule is CC(NC(CO)Cc1ccc(F)cc1)c1ccccc1O. The molecule has 0 bridgehead atoms. The number of hydrogen-bond donors (Lipinski definition) is 3. The van der Waals surface area contributed by atoms with Crippen molar-refractivity contribution in [1.29, 1.82) is 0 Å². The van der Waals surface area contributed by atoms with Crippen molar-refractivity contribution < 1.29 is 14.6 Å². The van der Waals surface area contributed by atoms with Crippen molar-refractivity contribution in [2.45, 2.75) is 25.4 Å². The fraction of sp³-hybridized carbons (Fsp3) is 0.294. The van der Waals surface area contributed by atoms with E-state index in [-0.39, 0.29) is 30.3 Å². The normalized spacial score (nSPS) is 13.9. The zero-order chi connectivity index (χ0) is 15.2. The first kappa shape index (κ1) is 15.5. The molecule has 0 saturated carbocycles. The molecule has 2 rings (SSSR count). The van der Waals surface area contributed by atoms with Crippen LogP contribution >= 0.6 is 0 Å². The van der Waals surface area contributed by atoms with Crippen molar-refractivity contribution in [2.75, 3.05) is 6.61 Å². The molecule has 0 saturated heterocycles. The Hall–Kier alpha value is -1.91. The standard InChI is InChI=1S/C17H20FNO2/c1-12(16-4-2-3-5-17(16)21)19-15(11-20)10-13-6-8-14(18)9-7-13/h2-9,12,15,19-21H,10-11H2,1H3. The number of nitrogens with one attached hydrogen (secondary N) is 1. The molecule has 0 heterocycles. The summed E-state index contributed by atoms with van der Waals surface area (Å²) in [6.07, 6.45) is 0.592. The third-order valence-corrected chi connectivity index (χ3v) is 3.50. The Bertz CT molecular complexity index is 571. The molecule has 21 heavy (non-hydrogen) atoms. The third kappa shape index (κ3) is 4.28. The van der Waals surface area contributed by atoms with Gasteiger partial charge in [-0.15, -0.1) is 0 Å². The number of aliphatic hydroxyl groups is 1. The van der Waals surface area contributed by atoms with Crippen LogP contribution < -0.4 is 5.32 Å². The van der Waals surface area contributed by atoms with E-state index in [9.17, 15) is 14.6 Å². The van der Waals surface area contributed by atoms with Gasteiger partial charge in [-0.05, 0) is 37.1 Å². The van der Waals surface area contributed by atoms with Gasteiger partial charge in [0.05, 0.1) is 6.61 Å². The summed E-state index contributed by atoms with van der Waals surface area (Å²) >= 11 is 0. The Morgan fingerprint density at radius 1 is 1.10 bits per heavy atom. The molecular formula is C17H20FNO2. The molecule has 0 aliphatic rings. The molecule has 3 N–H and O–H groups in total. The van der Waals surface area contributed by atoms with Gasteiger partial charge in [0.1, 0.15) is 11.6 Å². The van der Waals surface area contributed by atoms with E-state index in [2.05, 4.69) is 5.32 Å². The fourth-order valence-corrected chi connectivity index (χ4v) is 2.38. The van der Waals surface area contributed by atoms with Crippen LogP contribution in [0.15, 0.2) is 48.5 Å². The molecule has 2 unspecified atom stereocenters. The maximum Gasteiger partial charge on any atom is 0.123 e. The number of halogens is 1. The lowest BCUT2D eigenvalue weighted by Crippen LogP contribution is -2.36. The van der Waals surface area contributed by atoms with Crippen molar-refractivity contribution in [3.05, 3.63) is 65.5 Å². The summed E-state index contributed by atoms with van der Waals surface area (Å²) in [5.41, 5.74) is 1.74. The van der Waals surface area contributed by atoms with Crippen LogP contribution in [0.1, 0.15) is 24.1 Å². The second-order valence-electron chi connectivity index (χ2n) is 5.16. The molecule has 0 amide bonds. The summed E-state index contributed by atoms with van der Waals surface area (Å²) in [5, 5.41) is 22.6. The van der Waals surface area contributed by atoms with Gasteiger partial charge in [-0.2, -0.15) is 0 Å². The van der Waals surface area contributed by atoms with Gasteiger partial charge in [0.25, 0.3) is 0 Å². The molecule has 2 aromatic carbocycles. The molecular weight excluding hydrogens is 269 g/mol. The fourth-order valence-electron chi connectivity index (χ4n) is 2.38. The van der Waals surface area contributed by atoms with Crippen LogP contribution in [0.25, 0.3) is 0 Å². The van der Waals surface area contributed by atoms with E-state index in [1.807, 2.05) is 19.1 Å². The molecule has 0 aliphatic carbocycles. The van der Waals surface area contributed by atoms with Gasteiger partial charge in [-0.3, -0.25) is 0 Å². The summed E-state index contributed by atoms with van der Waals surface area (Å²) in [5.74, 6) is -0.0363. The van der Waals surface area contributed by atoms with Crippen molar-refractivity contribution in [2.24, 2.45) is 0 Å². The van der Waals surface area contributed by atoms with Crippen molar-refractivity contribution in [3.63, 3.8) is 0 Å². The summed E-state index contributed by atoms with van der Waals surface area (Å²) in [4.78, 5) is 0. The minimum Gasteiger partial charge on any atom is -0.508 e. The Morgan fingerprint density at radius 3 is 2.38 bits per heavy atom. The predicted molar refractivity (Wildman–Crippen MR) is 80.6 cm³/mol. The molecule has 0 spiro atoms. The molecule has 0 radical (unpaired) electrons. The highest BCUT2D eigenvalue weighted by Crippen LogP contribution is 2.23. The molecule has 2 aromatic rings.